The van der Waals surface area contributed by atoms with Gasteiger partial charge in [-0.3, -0.25) is 9.89 Å². The van der Waals surface area contributed by atoms with Crippen LogP contribution in [0.2, 0.25) is 0 Å². The first-order chi connectivity index (χ1) is 13.0. The maximum absolute atomic E-state index is 5.30. The molecule has 5 nitrogen and oxygen atoms in total. The Morgan fingerprint density at radius 3 is 2.43 bits per heavy atom. The maximum atomic E-state index is 5.30. The van der Waals surface area contributed by atoms with E-state index in [0.717, 1.165) is 38.6 Å². The van der Waals surface area contributed by atoms with Crippen LogP contribution in [0.1, 0.15) is 50.7 Å². The minimum atomic E-state index is 0. The van der Waals surface area contributed by atoms with Crippen molar-refractivity contribution in [2.24, 2.45) is 10.4 Å². The molecule has 0 amide bonds. The summed E-state index contributed by atoms with van der Waals surface area (Å²) in [6.45, 7) is 8.01. The normalized spacial score (nSPS) is 15.9. The summed E-state index contributed by atoms with van der Waals surface area (Å²) in [5.41, 5.74) is 3.07. The number of halogens is 1. The number of guanidine groups is 1. The van der Waals surface area contributed by atoms with Gasteiger partial charge in [0.1, 0.15) is 0 Å². The van der Waals surface area contributed by atoms with Crippen LogP contribution in [-0.4, -0.2) is 51.3 Å². The third-order valence-corrected chi connectivity index (χ3v) is 5.97. The highest BCUT2D eigenvalue weighted by Gasteiger charge is 2.36. The van der Waals surface area contributed by atoms with Crippen molar-refractivity contribution in [1.82, 2.24) is 15.5 Å². The first-order valence-corrected chi connectivity index (χ1v) is 10.2. The number of nitrogens with zero attached hydrogens (tertiary/aromatic N) is 2. The van der Waals surface area contributed by atoms with Gasteiger partial charge < -0.3 is 15.4 Å². The lowest BCUT2D eigenvalue weighted by molar-refractivity contribution is 0.0732. The highest BCUT2D eigenvalue weighted by molar-refractivity contribution is 14.0. The second kappa shape index (κ2) is 12.6. The molecule has 0 aliphatic heterocycles. The van der Waals surface area contributed by atoms with E-state index in [1.54, 1.807) is 7.11 Å². The molecule has 1 aromatic rings. The molecule has 0 heterocycles. The van der Waals surface area contributed by atoms with E-state index in [-0.39, 0.29) is 24.0 Å². The summed E-state index contributed by atoms with van der Waals surface area (Å²) in [6, 6.07) is 9.19. The maximum Gasteiger partial charge on any atom is 0.191 e. The van der Waals surface area contributed by atoms with Crippen molar-refractivity contribution in [3.8, 4) is 0 Å². The van der Waals surface area contributed by atoms with Gasteiger partial charge in [-0.15, -0.1) is 24.0 Å². The van der Waals surface area contributed by atoms with Gasteiger partial charge in [0.15, 0.2) is 5.96 Å². The molecule has 160 valence electrons. The van der Waals surface area contributed by atoms with Gasteiger partial charge in [0.2, 0.25) is 0 Å². The number of methoxy groups -OCH3 is 1. The van der Waals surface area contributed by atoms with Crippen LogP contribution in [0.3, 0.4) is 0 Å². The van der Waals surface area contributed by atoms with Crippen molar-refractivity contribution < 1.29 is 4.74 Å². The average molecular weight is 502 g/mol. The predicted molar refractivity (Wildman–Crippen MR) is 129 cm³/mol. The lowest BCUT2D eigenvalue weighted by atomic mass is 9.67. The SMILES string of the molecule is CN=C(NCc1ccccc1CN(C)C(C)C)NCC1(CCOC)CCC1.I. The second-order valence-corrected chi connectivity index (χ2v) is 8.15. The zero-order valence-corrected chi connectivity index (χ0v) is 20.6. The second-order valence-electron chi connectivity index (χ2n) is 8.15. The standard InChI is InChI=1S/C22H38N4O.HI/c1-18(2)26(4)16-20-10-7-6-9-19(20)15-24-21(23-3)25-17-22(11-8-12-22)13-14-27-5;/h6-7,9-10,18H,8,11-17H2,1-5H3,(H2,23,24,25);1H. The van der Waals surface area contributed by atoms with Gasteiger partial charge in [0, 0.05) is 46.4 Å². The molecule has 0 aromatic heterocycles. The Morgan fingerprint density at radius 2 is 1.89 bits per heavy atom. The first-order valence-electron chi connectivity index (χ1n) is 10.2. The van der Waals surface area contributed by atoms with Crippen LogP contribution in [0, 0.1) is 5.41 Å². The van der Waals surface area contributed by atoms with Crippen molar-refractivity contribution in [1.29, 1.82) is 0 Å². The fraction of sp³-hybridized carbons (Fsp3) is 0.682. The minimum Gasteiger partial charge on any atom is -0.385 e. The first kappa shape index (κ1) is 25.2. The quantitative estimate of drug-likeness (QED) is 0.288. The van der Waals surface area contributed by atoms with E-state index < -0.39 is 0 Å². The van der Waals surface area contributed by atoms with Crippen LogP contribution in [-0.2, 0) is 17.8 Å². The molecule has 0 saturated heterocycles. The summed E-state index contributed by atoms with van der Waals surface area (Å²) in [5.74, 6) is 0.880. The summed E-state index contributed by atoms with van der Waals surface area (Å²) < 4.78 is 5.30. The Kier molecular flexibility index (Phi) is 11.4. The fourth-order valence-electron chi connectivity index (χ4n) is 3.52. The molecule has 0 atom stereocenters. The number of hydrogen-bond donors (Lipinski definition) is 2. The van der Waals surface area contributed by atoms with Gasteiger partial charge in [-0.25, -0.2) is 0 Å². The van der Waals surface area contributed by atoms with Crippen molar-refractivity contribution in [3.63, 3.8) is 0 Å². The molecule has 1 aliphatic rings. The Bertz CT molecular complexity index is 602. The third kappa shape index (κ3) is 7.52. The minimum absolute atomic E-state index is 0. The molecule has 0 radical (unpaired) electrons. The van der Waals surface area contributed by atoms with Crippen molar-refractivity contribution in [3.05, 3.63) is 35.4 Å². The molecule has 2 N–H and O–H groups in total. The van der Waals surface area contributed by atoms with Crippen LogP contribution < -0.4 is 10.6 Å². The zero-order chi connectivity index (χ0) is 19.7. The van der Waals surface area contributed by atoms with Crippen LogP contribution in [0.5, 0.6) is 0 Å². The van der Waals surface area contributed by atoms with Gasteiger partial charge >= 0.3 is 0 Å². The van der Waals surface area contributed by atoms with E-state index in [2.05, 4.69) is 65.7 Å². The lowest BCUT2D eigenvalue weighted by Crippen LogP contribution is -2.46. The van der Waals surface area contributed by atoms with Gasteiger partial charge in [0.25, 0.3) is 0 Å². The average Bonchev–Trinajstić information content (AvgIpc) is 2.63. The topological polar surface area (TPSA) is 48.9 Å². The van der Waals surface area contributed by atoms with E-state index in [1.807, 2.05) is 7.05 Å². The molecular weight excluding hydrogens is 463 g/mol. The van der Waals surface area contributed by atoms with Crippen LogP contribution in [0.4, 0.5) is 0 Å². The third-order valence-electron chi connectivity index (χ3n) is 5.97. The molecule has 0 bridgehead atoms. The smallest absolute Gasteiger partial charge is 0.191 e. The number of nitrogens with one attached hydrogen (secondary N) is 2. The molecule has 1 aromatic carbocycles. The Labute approximate surface area is 188 Å². The van der Waals surface area contributed by atoms with Crippen molar-refractivity contribution in [2.75, 3.05) is 34.4 Å². The number of benzene rings is 1. The molecule has 1 aliphatic carbocycles. The Balaban J connectivity index is 0.00000392. The largest absolute Gasteiger partial charge is 0.385 e. The highest BCUT2D eigenvalue weighted by Crippen LogP contribution is 2.43. The van der Waals surface area contributed by atoms with Gasteiger partial charge in [-0.1, -0.05) is 30.7 Å². The summed E-state index contributed by atoms with van der Waals surface area (Å²) in [5, 5.41) is 7.04. The van der Waals surface area contributed by atoms with Gasteiger partial charge in [0.05, 0.1) is 0 Å². The fourth-order valence-corrected chi connectivity index (χ4v) is 3.52. The van der Waals surface area contributed by atoms with Crippen LogP contribution in [0.15, 0.2) is 29.3 Å². The summed E-state index contributed by atoms with van der Waals surface area (Å²) in [7, 11) is 5.80. The summed E-state index contributed by atoms with van der Waals surface area (Å²) >= 11 is 0. The Morgan fingerprint density at radius 1 is 1.21 bits per heavy atom. The molecular formula is C22H39IN4O. The molecule has 1 fully saturated rings. The van der Waals surface area contributed by atoms with Crippen molar-refractivity contribution in [2.45, 2.75) is 58.7 Å². The molecule has 6 heteroatoms. The molecule has 28 heavy (non-hydrogen) atoms. The lowest BCUT2D eigenvalue weighted by Gasteiger charge is -2.42. The van der Waals surface area contributed by atoms with Gasteiger partial charge in [-0.2, -0.15) is 0 Å². The summed E-state index contributed by atoms with van der Waals surface area (Å²) in [4.78, 5) is 6.78. The highest BCUT2D eigenvalue weighted by atomic mass is 127. The van der Waals surface area contributed by atoms with Crippen LogP contribution >= 0.6 is 24.0 Å². The number of rotatable bonds is 10. The number of aliphatic imine (C=N–C) groups is 1. The molecule has 1 saturated carbocycles. The Hall–Kier alpha value is -0.860. The van der Waals surface area contributed by atoms with E-state index in [1.165, 1.54) is 30.4 Å². The number of ether oxygens (including phenoxy) is 1. The van der Waals surface area contributed by atoms with E-state index >= 15 is 0 Å². The molecule has 0 unspecified atom stereocenters. The number of hydrogen-bond acceptors (Lipinski definition) is 3. The van der Waals surface area contributed by atoms with Crippen molar-refractivity contribution >= 4 is 29.9 Å². The zero-order valence-electron chi connectivity index (χ0n) is 18.3. The van der Waals surface area contributed by atoms with Gasteiger partial charge in [-0.05, 0) is 56.7 Å². The van der Waals surface area contributed by atoms with E-state index in [9.17, 15) is 0 Å². The molecule has 0 spiro atoms. The molecule has 2 rings (SSSR count). The monoisotopic (exact) mass is 502 g/mol. The van der Waals surface area contributed by atoms with E-state index in [0.29, 0.717) is 11.5 Å². The van der Waals surface area contributed by atoms with E-state index in [4.69, 9.17) is 4.74 Å². The van der Waals surface area contributed by atoms with Crippen LogP contribution in [0.25, 0.3) is 0 Å². The predicted octanol–water partition coefficient (Wildman–Crippen LogP) is 4.02. The summed E-state index contributed by atoms with van der Waals surface area (Å²) in [6.07, 6.45) is 5.02.